The summed E-state index contributed by atoms with van der Waals surface area (Å²) in [5.41, 5.74) is 0.435. The van der Waals surface area contributed by atoms with Crippen LogP contribution < -0.4 is 15.4 Å². The molecule has 0 aromatic heterocycles. The van der Waals surface area contributed by atoms with Crippen LogP contribution in [0.3, 0.4) is 0 Å². The van der Waals surface area contributed by atoms with Gasteiger partial charge in [0.05, 0.1) is 0 Å². The van der Waals surface area contributed by atoms with E-state index < -0.39 is 5.97 Å². The SMILES string of the molecule is CC(=O)Oc1cccc(C(=O)NCCCNC(=O)CCC2CCCCC2)c1. The van der Waals surface area contributed by atoms with E-state index >= 15 is 0 Å². The summed E-state index contributed by atoms with van der Waals surface area (Å²) in [7, 11) is 0. The molecule has 0 radical (unpaired) electrons. The van der Waals surface area contributed by atoms with E-state index in [1.165, 1.54) is 45.1 Å². The number of benzene rings is 1. The highest BCUT2D eigenvalue weighted by molar-refractivity contribution is 5.94. The van der Waals surface area contributed by atoms with Crippen LogP contribution >= 0.6 is 0 Å². The van der Waals surface area contributed by atoms with Crippen LogP contribution in [0.25, 0.3) is 0 Å². The number of amides is 2. The minimum absolute atomic E-state index is 0.0981. The number of carbonyl (C=O) groups is 3. The Kier molecular flexibility index (Phi) is 8.81. The lowest BCUT2D eigenvalue weighted by Gasteiger charge is -2.20. The summed E-state index contributed by atoms with van der Waals surface area (Å²) in [6.07, 6.45) is 8.72. The van der Waals surface area contributed by atoms with E-state index in [9.17, 15) is 14.4 Å². The molecule has 0 spiro atoms. The predicted octanol–water partition coefficient (Wildman–Crippen LogP) is 3.21. The molecule has 2 amide bonds. The maximum atomic E-state index is 12.1. The Bertz CT molecular complexity index is 639. The third-order valence-corrected chi connectivity index (χ3v) is 4.82. The topological polar surface area (TPSA) is 84.5 Å². The van der Waals surface area contributed by atoms with Gasteiger partial charge >= 0.3 is 5.97 Å². The largest absolute Gasteiger partial charge is 0.427 e. The smallest absolute Gasteiger partial charge is 0.308 e. The predicted molar refractivity (Wildman–Crippen MR) is 104 cm³/mol. The van der Waals surface area contributed by atoms with Gasteiger partial charge in [0.25, 0.3) is 5.91 Å². The first kappa shape index (κ1) is 20.9. The quantitative estimate of drug-likeness (QED) is 0.395. The van der Waals surface area contributed by atoms with Crippen LogP contribution in [0.2, 0.25) is 0 Å². The minimum Gasteiger partial charge on any atom is -0.427 e. The molecule has 0 heterocycles. The van der Waals surface area contributed by atoms with Crippen molar-refractivity contribution in [2.45, 2.75) is 58.3 Å². The lowest BCUT2D eigenvalue weighted by Crippen LogP contribution is -2.30. The molecule has 1 aliphatic rings. The van der Waals surface area contributed by atoms with E-state index in [0.29, 0.717) is 43.2 Å². The first-order valence-corrected chi connectivity index (χ1v) is 9.88. The number of hydrogen-bond donors (Lipinski definition) is 2. The molecule has 27 heavy (non-hydrogen) atoms. The Hall–Kier alpha value is -2.37. The molecule has 1 aromatic carbocycles. The van der Waals surface area contributed by atoms with E-state index in [4.69, 9.17) is 4.74 Å². The van der Waals surface area contributed by atoms with Gasteiger partial charge in [-0.2, -0.15) is 0 Å². The lowest BCUT2D eigenvalue weighted by atomic mass is 9.86. The number of rotatable bonds is 9. The number of esters is 1. The molecule has 6 heteroatoms. The summed E-state index contributed by atoms with van der Waals surface area (Å²) >= 11 is 0. The first-order valence-electron chi connectivity index (χ1n) is 9.88. The second kappa shape index (κ2) is 11.4. The van der Waals surface area contributed by atoms with Gasteiger partial charge in [0.2, 0.25) is 5.91 Å². The molecule has 148 valence electrons. The van der Waals surface area contributed by atoms with Crippen LogP contribution in [0.4, 0.5) is 0 Å². The molecule has 1 saturated carbocycles. The van der Waals surface area contributed by atoms with Crippen LogP contribution in [0.1, 0.15) is 68.6 Å². The normalized spacial score (nSPS) is 14.4. The van der Waals surface area contributed by atoms with Gasteiger partial charge in [0.15, 0.2) is 0 Å². The molecule has 0 bridgehead atoms. The summed E-state index contributed by atoms with van der Waals surface area (Å²) in [5, 5.41) is 5.72. The highest BCUT2D eigenvalue weighted by atomic mass is 16.5. The van der Waals surface area contributed by atoms with Gasteiger partial charge in [-0.25, -0.2) is 0 Å². The van der Waals surface area contributed by atoms with Crippen LogP contribution in [0.5, 0.6) is 5.75 Å². The van der Waals surface area contributed by atoms with Gasteiger partial charge < -0.3 is 15.4 Å². The van der Waals surface area contributed by atoms with Crippen molar-refractivity contribution in [3.05, 3.63) is 29.8 Å². The van der Waals surface area contributed by atoms with Crippen molar-refractivity contribution in [1.82, 2.24) is 10.6 Å². The molecule has 2 N–H and O–H groups in total. The third-order valence-electron chi connectivity index (χ3n) is 4.82. The average molecular weight is 374 g/mol. The van der Waals surface area contributed by atoms with E-state index in [2.05, 4.69) is 10.6 Å². The van der Waals surface area contributed by atoms with Crippen molar-refractivity contribution in [3.63, 3.8) is 0 Å². The van der Waals surface area contributed by atoms with Gasteiger partial charge in [-0.3, -0.25) is 14.4 Å². The number of nitrogens with one attached hydrogen (secondary N) is 2. The highest BCUT2D eigenvalue weighted by Gasteiger charge is 2.14. The summed E-state index contributed by atoms with van der Waals surface area (Å²) < 4.78 is 4.97. The fourth-order valence-electron chi connectivity index (χ4n) is 3.39. The van der Waals surface area contributed by atoms with Gasteiger partial charge in [0, 0.05) is 32.0 Å². The fourth-order valence-corrected chi connectivity index (χ4v) is 3.39. The maximum Gasteiger partial charge on any atom is 0.308 e. The number of hydrogen-bond acceptors (Lipinski definition) is 4. The zero-order valence-corrected chi connectivity index (χ0v) is 16.1. The summed E-state index contributed by atoms with van der Waals surface area (Å²) in [4.78, 5) is 35.0. The van der Waals surface area contributed by atoms with Gasteiger partial charge in [-0.1, -0.05) is 38.2 Å². The second-order valence-corrected chi connectivity index (χ2v) is 7.12. The van der Waals surface area contributed by atoms with Crippen LogP contribution in [-0.2, 0) is 9.59 Å². The molecule has 0 aliphatic heterocycles. The van der Waals surface area contributed by atoms with E-state index in [-0.39, 0.29) is 11.8 Å². The molecular weight excluding hydrogens is 344 g/mol. The molecule has 1 aromatic rings. The van der Waals surface area contributed by atoms with Gasteiger partial charge in [-0.05, 0) is 37.0 Å². The van der Waals surface area contributed by atoms with Gasteiger partial charge in [0.1, 0.15) is 5.75 Å². The molecule has 0 saturated heterocycles. The summed E-state index contributed by atoms with van der Waals surface area (Å²) in [6.45, 7) is 2.34. The monoisotopic (exact) mass is 374 g/mol. The zero-order chi connectivity index (χ0) is 19.5. The summed E-state index contributed by atoms with van der Waals surface area (Å²) in [6, 6.07) is 6.49. The molecule has 6 nitrogen and oxygen atoms in total. The van der Waals surface area contributed by atoms with E-state index in [1.807, 2.05) is 0 Å². The van der Waals surface area contributed by atoms with Crippen LogP contribution in [-0.4, -0.2) is 30.9 Å². The Morgan fingerprint density at radius 2 is 1.81 bits per heavy atom. The van der Waals surface area contributed by atoms with Crippen molar-refractivity contribution in [3.8, 4) is 5.75 Å². The lowest BCUT2D eigenvalue weighted by molar-refractivity contribution is -0.131. The van der Waals surface area contributed by atoms with Crippen LogP contribution in [0.15, 0.2) is 24.3 Å². The molecule has 2 rings (SSSR count). The van der Waals surface area contributed by atoms with Crippen molar-refractivity contribution in [1.29, 1.82) is 0 Å². The highest BCUT2D eigenvalue weighted by Crippen LogP contribution is 2.27. The van der Waals surface area contributed by atoms with Crippen LogP contribution in [0, 0.1) is 5.92 Å². The summed E-state index contributed by atoms with van der Waals surface area (Å²) in [5.74, 6) is 0.507. The number of carbonyl (C=O) groups excluding carboxylic acids is 3. The fraction of sp³-hybridized carbons (Fsp3) is 0.571. The van der Waals surface area contributed by atoms with E-state index in [0.717, 1.165) is 6.42 Å². The Morgan fingerprint density at radius 3 is 2.56 bits per heavy atom. The second-order valence-electron chi connectivity index (χ2n) is 7.12. The average Bonchev–Trinajstić information content (AvgIpc) is 2.66. The maximum absolute atomic E-state index is 12.1. The molecular formula is C21H30N2O4. The van der Waals surface area contributed by atoms with Crippen molar-refractivity contribution >= 4 is 17.8 Å². The Morgan fingerprint density at radius 1 is 1.07 bits per heavy atom. The van der Waals surface area contributed by atoms with E-state index in [1.54, 1.807) is 18.2 Å². The zero-order valence-electron chi connectivity index (χ0n) is 16.1. The molecule has 1 fully saturated rings. The van der Waals surface area contributed by atoms with Crippen molar-refractivity contribution in [2.24, 2.45) is 5.92 Å². The van der Waals surface area contributed by atoms with Gasteiger partial charge in [-0.15, -0.1) is 0 Å². The van der Waals surface area contributed by atoms with Crippen molar-refractivity contribution < 1.29 is 19.1 Å². The molecule has 0 atom stereocenters. The van der Waals surface area contributed by atoms with Crippen molar-refractivity contribution in [2.75, 3.05) is 13.1 Å². The first-order chi connectivity index (χ1) is 13.0. The molecule has 0 unspecified atom stereocenters. The number of ether oxygens (including phenoxy) is 1. The molecule has 1 aliphatic carbocycles. The standard InChI is InChI=1S/C21H30N2O4/c1-16(24)27-19-10-5-9-18(15-19)21(26)23-14-6-13-22-20(25)12-11-17-7-3-2-4-8-17/h5,9-10,15,17H,2-4,6-8,11-14H2,1H3,(H,22,25)(H,23,26). The third kappa shape index (κ3) is 8.24. The Balaban J connectivity index is 1.58. The Labute approximate surface area is 161 Å². The minimum atomic E-state index is -0.424.